The van der Waals surface area contributed by atoms with Gasteiger partial charge in [0.2, 0.25) is 0 Å². The molecule has 0 fully saturated rings. The van der Waals surface area contributed by atoms with Crippen molar-refractivity contribution in [3.05, 3.63) is 24.2 Å². The second-order valence-electron chi connectivity index (χ2n) is 2.08. The molecule has 0 radical (unpaired) electrons. The second kappa shape index (κ2) is 1.76. The first-order valence-corrected chi connectivity index (χ1v) is 2.99. The predicted molar refractivity (Wildman–Crippen MR) is 35.5 cm³/mol. The summed E-state index contributed by atoms with van der Waals surface area (Å²) >= 11 is 0. The molecule has 4 heteroatoms. The van der Waals surface area contributed by atoms with Gasteiger partial charge in [0.1, 0.15) is 0 Å². The minimum absolute atomic E-state index is 0.822. The fourth-order valence-electron chi connectivity index (χ4n) is 0.846. The first-order valence-electron chi connectivity index (χ1n) is 2.99. The molecule has 0 aliphatic heterocycles. The lowest BCUT2D eigenvalue weighted by molar-refractivity contribution is 0.782. The molecule has 2 heterocycles. The summed E-state index contributed by atoms with van der Waals surface area (Å²) in [6.45, 7) is 1.96. The van der Waals surface area contributed by atoms with E-state index in [1.54, 1.807) is 18.6 Å². The Morgan fingerprint density at radius 3 is 3.00 bits per heavy atom. The maximum atomic E-state index is 4.08. The Morgan fingerprint density at radius 2 is 2.20 bits per heavy atom. The van der Waals surface area contributed by atoms with Gasteiger partial charge < -0.3 is 0 Å². The van der Waals surface area contributed by atoms with Gasteiger partial charge in [-0.3, -0.25) is 0 Å². The minimum atomic E-state index is 0.822. The SMILES string of the molecule is Cc1cnn2nccnc12. The second-order valence-corrected chi connectivity index (χ2v) is 2.08. The number of aromatic nitrogens is 4. The zero-order valence-electron chi connectivity index (χ0n) is 5.52. The maximum absolute atomic E-state index is 4.08. The van der Waals surface area contributed by atoms with Crippen LogP contribution < -0.4 is 0 Å². The summed E-state index contributed by atoms with van der Waals surface area (Å²) in [7, 11) is 0. The Morgan fingerprint density at radius 1 is 1.30 bits per heavy atom. The molecule has 2 aromatic heterocycles. The number of hydrogen-bond acceptors (Lipinski definition) is 3. The van der Waals surface area contributed by atoms with Crippen LogP contribution in [0.5, 0.6) is 0 Å². The molecule has 50 valence electrons. The van der Waals surface area contributed by atoms with Gasteiger partial charge in [0.05, 0.1) is 12.4 Å². The van der Waals surface area contributed by atoms with Gasteiger partial charge in [0.25, 0.3) is 0 Å². The monoisotopic (exact) mass is 134 g/mol. The lowest BCUT2D eigenvalue weighted by Gasteiger charge is -1.87. The number of fused-ring (bicyclic) bond motifs is 1. The Labute approximate surface area is 57.5 Å². The molecular weight excluding hydrogens is 128 g/mol. The van der Waals surface area contributed by atoms with Crippen LogP contribution in [0.4, 0.5) is 0 Å². The van der Waals surface area contributed by atoms with Gasteiger partial charge >= 0.3 is 0 Å². The van der Waals surface area contributed by atoms with Gasteiger partial charge in [-0.25, -0.2) is 4.98 Å². The Bertz CT molecular complexity index is 351. The van der Waals surface area contributed by atoms with Crippen molar-refractivity contribution < 1.29 is 0 Å². The highest BCUT2D eigenvalue weighted by Crippen LogP contribution is 2.00. The van der Waals surface area contributed by atoms with Gasteiger partial charge in [-0.05, 0) is 6.92 Å². The molecule has 0 aromatic carbocycles. The van der Waals surface area contributed by atoms with E-state index in [0.29, 0.717) is 0 Å². The van der Waals surface area contributed by atoms with Crippen molar-refractivity contribution in [3.8, 4) is 0 Å². The average Bonchev–Trinajstić information content (AvgIpc) is 2.34. The Hall–Kier alpha value is -1.45. The molecule has 0 spiro atoms. The van der Waals surface area contributed by atoms with E-state index in [1.807, 2.05) is 6.92 Å². The van der Waals surface area contributed by atoms with Crippen molar-refractivity contribution in [2.75, 3.05) is 0 Å². The van der Waals surface area contributed by atoms with Gasteiger partial charge in [-0.1, -0.05) is 0 Å². The van der Waals surface area contributed by atoms with Crippen molar-refractivity contribution in [1.29, 1.82) is 0 Å². The highest BCUT2D eigenvalue weighted by molar-refractivity contribution is 5.42. The van der Waals surface area contributed by atoms with Crippen LogP contribution in [0, 0.1) is 6.92 Å². The first-order chi connectivity index (χ1) is 4.88. The molecule has 0 bridgehead atoms. The van der Waals surface area contributed by atoms with Gasteiger partial charge in [0.15, 0.2) is 5.65 Å². The topological polar surface area (TPSA) is 43.1 Å². The molecule has 10 heavy (non-hydrogen) atoms. The predicted octanol–water partition coefficient (Wildman–Crippen LogP) is 0.433. The van der Waals surface area contributed by atoms with Crippen LogP contribution in [-0.4, -0.2) is 19.8 Å². The largest absolute Gasteiger partial charge is 0.234 e. The molecule has 0 unspecified atom stereocenters. The summed E-state index contributed by atoms with van der Waals surface area (Å²) in [5.41, 5.74) is 1.87. The van der Waals surface area contributed by atoms with Gasteiger partial charge in [-0.2, -0.15) is 10.2 Å². The summed E-state index contributed by atoms with van der Waals surface area (Å²) in [4.78, 5) is 4.08. The molecule has 0 atom stereocenters. The van der Waals surface area contributed by atoms with Crippen molar-refractivity contribution in [2.24, 2.45) is 0 Å². The van der Waals surface area contributed by atoms with E-state index in [0.717, 1.165) is 11.2 Å². The third kappa shape index (κ3) is 0.586. The normalized spacial score (nSPS) is 10.5. The number of aryl methyl sites for hydroxylation is 1. The van der Waals surface area contributed by atoms with Crippen molar-refractivity contribution in [2.45, 2.75) is 6.92 Å². The number of rotatable bonds is 0. The summed E-state index contributed by atoms with van der Waals surface area (Å²) in [6.07, 6.45) is 5.01. The molecule has 0 amide bonds. The summed E-state index contributed by atoms with van der Waals surface area (Å²) in [5.74, 6) is 0. The van der Waals surface area contributed by atoms with E-state index in [9.17, 15) is 0 Å². The minimum Gasteiger partial charge on any atom is -0.234 e. The standard InChI is InChI=1S/C6H6N4/c1-5-4-9-10-6(5)7-2-3-8-10/h2-4H,1H3. The first kappa shape index (κ1) is 5.34. The van der Waals surface area contributed by atoms with E-state index in [-0.39, 0.29) is 0 Å². The van der Waals surface area contributed by atoms with Crippen LogP contribution in [-0.2, 0) is 0 Å². The van der Waals surface area contributed by atoms with E-state index in [1.165, 1.54) is 4.63 Å². The lowest BCUT2D eigenvalue weighted by Crippen LogP contribution is -1.93. The molecule has 0 aliphatic carbocycles. The summed E-state index contributed by atoms with van der Waals surface area (Å²) in [6, 6.07) is 0. The molecule has 0 N–H and O–H groups in total. The fraction of sp³-hybridized carbons (Fsp3) is 0.167. The average molecular weight is 134 g/mol. The maximum Gasteiger partial charge on any atom is 0.178 e. The molecule has 0 saturated carbocycles. The zero-order chi connectivity index (χ0) is 6.97. The Kier molecular flexibility index (Phi) is 0.943. The Balaban J connectivity index is 2.93. The van der Waals surface area contributed by atoms with Crippen molar-refractivity contribution in [3.63, 3.8) is 0 Å². The molecule has 0 saturated heterocycles. The molecule has 2 rings (SSSR count). The van der Waals surface area contributed by atoms with Gasteiger partial charge in [0, 0.05) is 11.8 Å². The fourth-order valence-corrected chi connectivity index (χ4v) is 0.846. The summed E-state index contributed by atoms with van der Waals surface area (Å²) < 4.78 is 1.51. The van der Waals surface area contributed by atoms with Crippen LogP contribution in [0.1, 0.15) is 5.56 Å². The van der Waals surface area contributed by atoms with E-state index in [4.69, 9.17) is 0 Å². The van der Waals surface area contributed by atoms with Crippen molar-refractivity contribution >= 4 is 5.65 Å². The smallest absolute Gasteiger partial charge is 0.178 e. The van der Waals surface area contributed by atoms with Crippen LogP contribution in [0.3, 0.4) is 0 Å². The quantitative estimate of drug-likeness (QED) is 0.524. The third-order valence-corrected chi connectivity index (χ3v) is 1.34. The highest BCUT2D eigenvalue weighted by atomic mass is 15.4. The van der Waals surface area contributed by atoms with Crippen LogP contribution >= 0.6 is 0 Å². The lowest BCUT2D eigenvalue weighted by atomic mass is 10.4. The molecular formula is C6H6N4. The molecule has 4 nitrogen and oxygen atoms in total. The molecule has 2 aromatic rings. The zero-order valence-corrected chi connectivity index (χ0v) is 5.52. The number of nitrogens with zero attached hydrogens (tertiary/aromatic N) is 4. The van der Waals surface area contributed by atoms with Crippen molar-refractivity contribution in [1.82, 2.24) is 19.8 Å². The van der Waals surface area contributed by atoms with Crippen LogP contribution in [0.15, 0.2) is 18.6 Å². The highest BCUT2D eigenvalue weighted by Gasteiger charge is 1.97. The van der Waals surface area contributed by atoms with Crippen LogP contribution in [0.2, 0.25) is 0 Å². The third-order valence-electron chi connectivity index (χ3n) is 1.34. The molecule has 0 aliphatic rings. The summed E-state index contributed by atoms with van der Waals surface area (Å²) in [5, 5.41) is 7.91. The van der Waals surface area contributed by atoms with E-state index >= 15 is 0 Å². The van der Waals surface area contributed by atoms with E-state index < -0.39 is 0 Å². The van der Waals surface area contributed by atoms with Crippen LogP contribution in [0.25, 0.3) is 5.65 Å². The van der Waals surface area contributed by atoms with Gasteiger partial charge in [-0.15, -0.1) is 4.63 Å². The number of hydrogen-bond donors (Lipinski definition) is 0. The van der Waals surface area contributed by atoms with E-state index in [2.05, 4.69) is 15.2 Å².